The molecule has 0 spiro atoms. The Labute approximate surface area is 585 Å². The van der Waals surface area contributed by atoms with Crippen molar-refractivity contribution >= 4 is 63.7 Å². The highest BCUT2D eigenvalue weighted by atomic mass is 16.5. The van der Waals surface area contributed by atoms with Crippen molar-refractivity contribution in [3.05, 3.63) is 208 Å². The highest BCUT2D eigenvalue weighted by Gasteiger charge is 2.35. The van der Waals surface area contributed by atoms with Crippen molar-refractivity contribution in [2.75, 3.05) is 70.7 Å². The number of benzene rings is 6. The third kappa shape index (κ3) is 23.2. The SMILES string of the molecule is COc1cc2c(cc1OC)C(=O)C(CC1CCN(Cc3ccccc3)CC1)C2.O=C(CCC1CCN(Cc2ccccc2)CC1)c1ccc2c(c1)NCCCC2.O=C(O)/C=C/C(=O)O.O=C(O)/C=C\C(=O)O.O=C1Cc2cc3c(CCC4CCN(Cc5ccccc5)CC4)noc3cc2N1. The number of methoxy groups -OCH3 is 2. The van der Waals surface area contributed by atoms with Gasteiger partial charge in [-0.3, -0.25) is 29.1 Å². The lowest BCUT2D eigenvalue weighted by molar-refractivity contribution is -0.134. The van der Waals surface area contributed by atoms with Gasteiger partial charge in [0.05, 0.1) is 26.3 Å². The number of carboxylic acid groups (broad SMARTS) is 4. The van der Waals surface area contributed by atoms with Crippen LogP contribution in [-0.4, -0.2) is 142 Å². The maximum Gasteiger partial charge on any atom is 0.328 e. The zero-order valence-electron chi connectivity index (χ0n) is 57.4. The predicted molar refractivity (Wildman–Crippen MR) is 384 cm³/mol. The average Bonchev–Trinajstić information content (AvgIpc) is 1.64. The van der Waals surface area contributed by atoms with Crippen LogP contribution in [0.4, 0.5) is 11.4 Å². The lowest BCUT2D eigenvalue weighted by atomic mass is 9.85. The second-order valence-electron chi connectivity index (χ2n) is 26.6. The number of piperidine rings is 3. The first-order chi connectivity index (χ1) is 48.4. The molecule has 6 aliphatic rings. The fourth-order valence-corrected chi connectivity index (χ4v) is 14.1. The number of hydrogen-bond donors (Lipinski definition) is 6. The van der Waals surface area contributed by atoms with Gasteiger partial charge in [0.1, 0.15) is 0 Å². The molecule has 100 heavy (non-hydrogen) atoms. The van der Waals surface area contributed by atoms with Gasteiger partial charge in [-0.05, 0) is 205 Å². The van der Waals surface area contributed by atoms with Gasteiger partial charge in [0.2, 0.25) is 5.91 Å². The number of anilines is 2. The van der Waals surface area contributed by atoms with Crippen molar-refractivity contribution in [1.82, 2.24) is 19.9 Å². The quantitative estimate of drug-likeness (QED) is 0.0288. The smallest absolute Gasteiger partial charge is 0.328 e. The van der Waals surface area contributed by atoms with Gasteiger partial charge in [0.15, 0.2) is 28.6 Å². The van der Waals surface area contributed by atoms with Crippen LogP contribution in [0.5, 0.6) is 11.5 Å². The molecule has 6 aromatic carbocycles. The number of aromatic nitrogens is 1. The number of ketones is 2. The number of likely N-dealkylation sites (tertiary alicyclic amines) is 3. The molecule has 20 heteroatoms. The van der Waals surface area contributed by atoms with Crippen LogP contribution >= 0.6 is 0 Å². The van der Waals surface area contributed by atoms with E-state index in [1.807, 2.05) is 24.3 Å². The third-order valence-corrected chi connectivity index (χ3v) is 19.5. The molecule has 7 aromatic rings. The Morgan fingerprint density at radius 3 is 1.57 bits per heavy atom. The van der Waals surface area contributed by atoms with Crippen molar-refractivity contribution in [3.63, 3.8) is 0 Å². The molecule has 1 atom stereocenters. The van der Waals surface area contributed by atoms with E-state index in [1.54, 1.807) is 14.2 Å². The summed E-state index contributed by atoms with van der Waals surface area (Å²) in [5.74, 6) is -0.849. The molecular formula is C80H94N6O14. The molecule has 20 nitrogen and oxygen atoms in total. The molecule has 1 unspecified atom stereocenters. The number of nitrogens with one attached hydrogen (secondary N) is 2. The van der Waals surface area contributed by atoms with Gasteiger partial charge in [0, 0.05) is 96.8 Å². The lowest BCUT2D eigenvalue weighted by Crippen LogP contribution is -2.34. The van der Waals surface area contributed by atoms with Crippen LogP contribution < -0.4 is 20.1 Å². The van der Waals surface area contributed by atoms with Gasteiger partial charge >= 0.3 is 23.9 Å². The van der Waals surface area contributed by atoms with E-state index in [0.29, 0.717) is 66.3 Å². The standard InChI is InChI=1S/C25H32N2O.C24H29NO3.C23H25N3O2.2C4H4O4/c28-25(23-11-10-22-8-4-5-15-26-24(22)18-23)12-9-20-13-16-27(17-14-20)19-21-6-2-1-3-7-21;1-27-22-14-19-13-20(24(26)21(19)15-23(22)28-2)12-17-8-10-25(11-9-17)16-18-6-4-3-5-7-18;27-23-13-18-12-19-20(25-28-22(19)14-21(18)24-23)7-6-16-8-10-26(11-9-16)15-17-4-2-1-3-5-17;2*5-3(6)1-2-4(7)8/h1-3,6-7,10-11,18,20,26H,4-5,8-9,12-17,19H2;3-7,14-15,17,20H,8-13,16H2,1-2H3;1-5,12,14,16H,6-11,13,15H2,(H,24,27);2*1-2H,(H,5,6)(H,7,8)/b;;;2-1+;2-1-. The Bertz CT molecular complexity index is 3860. The minimum absolute atomic E-state index is 0.0550. The molecule has 0 saturated carbocycles. The number of rotatable bonds is 21. The monoisotopic (exact) mass is 1360 g/mol. The van der Waals surface area contributed by atoms with Crippen LogP contribution in [0.3, 0.4) is 0 Å². The minimum atomic E-state index is -1.26. The lowest BCUT2D eigenvalue weighted by Gasteiger charge is -2.32. The largest absolute Gasteiger partial charge is 0.493 e. The molecule has 0 bridgehead atoms. The summed E-state index contributed by atoms with van der Waals surface area (Å²) in [5, 5.41) is 43.0. The zero-order chi connectivity index (χ0) is 70.8. The maximum absolute atomic E-state index is 12.9. The molecule has 3 fully saturated rings. The van der Waals surface area contributed by atoms with E-state index in [2.05, 4.69) is 140 Å². The van der Waals surface area contributed by atoms with Crippen LogP contribution in [-0.2, 0) is 69.3 Å². The summed E-state index contributed by atoms with van der Waals surface area (Å²) in [6.07, 6.45) is 19.2. The number of carboxylic acids is 4. The molecule has 1 aliphatic carbocycles. The first-order valence-electron chi connectivity index (χ1n) is 34.9. The van der Waals surface area contributed by atoms with E-state index in [4.69, 9.17) is 34.4 Å². The van der Waals surface area contributed by atoms with Crippen LogP contribution in [0.25, 0.3) is 11.0 Å². The highest BCUT2D eigenvalue weighted by Crippen LogP contribution is 2.40. The number of hydrogen-bond acceptors (Lipinski definition) is 15. The topological polar surface area (TPSA) is 279 Å². The van der Waals surface area contributed by atoms with E-state index < -0.39 is 23.9 Å². The first-order valence-corrected chi connectivity index (χ1v) is 34.9. The molecule has 1 amide bonds. The van der Waals surface area contributed by atoms with Gasteiger partial charge in [-0.25, -0.2) is 19.2 Å². The fraction of sp³-hybridized carbons (Fsp3) is 0.400. The Hall–Kier alpha value is -9.76. The Balaban J connectivity index is 0.000000157. The number of carbonyl (C=O) groups is 7. The molecule has 528 valence electrons. The summed E-state index contributed by atoms with van der Waals surface area (Å²) in [6.45, 7) is 11.0. The van der Waals surface area contributed by atoms with E-state index >= 15 is 0 Å². The minimum Gasteiger partial charge on any atom is -0.493 e. The number of Topliss-reactive ketones (excluding diaryl/α,β-unsaturated/α-hetero) is 2. The van der Waals surface area contributed by atoms with E-state index in [9.17, 15) is 33.6 Å². The number of fused-ring (bicyclic) bond motifs is 4. The van der Waals surface area contributed by atoms with Gasteiger partial charge < -0.3 is 45.1 Å². The highest BCUT2D eigenvalue weighted by molar-refractivity contribution is 6.03. The summed E-state index contributed by atoms with van der Waals surface area (Å²) in [4.78, 5) is 83.1. The number of ether oxygens (including phenoxy) is 2. The predicted octanol–water partition coefficient (Wildman–Crippen LogP) is 13.3. The molecule has 13 rings (SSSR count). The summed E-state index contributed by atoms with van der Waals surface area (Å²) in [7, 11) is 3.26. The summed E-state index contributed by atoms with van der Waals surface area (Å²) in [6, 6.07) is 46.2. The van der Waals surface area contributed by atoms with Crippen molar-refractivity contribution < 1.29 is 68.0 Å². The normalized spacial score (nSPS) is 17.2. The molecule has 5 aliphatic heterocycles. The fourth-order valence-electron chi connectivity index (χ4n) is 14.1. The maximum atomic E-state index is 12.9. The summed E-state index contributed by atoms with van der Waals surface area (Å²) in [5.41, 5.74) is 13.2. The Morgan fingerprint density at radius 2 is 1.06 bits per heavy atom. The molecule has 1 aromatic heterocycles. The molecule has 0 radical (unpaired) electrons. The summed E-state index contributed by atoms with van der Waals surface area (Å²) < 4.78 is 16.3. The molecule has 6 heterocycles. The Morgan fingerprint density at radius 1 is 0.560 bits per heavy atom. The van der Waals surface area contributed by atoms with E-state index in [1.165, 1.54) is 92.4 Å². The van der Waals surface area contributed by atoms with E-state index in [-0.39, 0.29) is 17.6 Å². The van der Waals surface area contributed by atoms with Gasteiger partial charge in [-0.2, -0.15) is 0 Å². The average molecular weight is 1360 g/mol. The molecule has 6 N–H and O–H groups in total. The number of aliphatic carboxylic acids is 4. The number of nitrogens with zero attached hydrogens (tertiary/aromatic N) is 4. The molecular weight excluding hydrogens is 1270 g/mol. The van der Waals surface area contributed by atoms with Crippen molar-refractivity contribution in [2.45, 2.75) is 122 Å². The van der Waals surface area contributed by atoms with Crippen LogP contribution in [0.2, 0.25) is 0 Å². The van der Waals surface area contributed by atoms with Crippen LogP contribution in [0.15, 0.2) is 162 Å². The van der Waals surface area contributed by atoms with Crippen molar-refractivity contribution in [1.29, 1.82) is 0 Å². The Kier molecular flexibility index (Phi) is 28.3. The van der Waals surface area contributed by atoms with Gasteiger partial charge in [-0.1, -0.05) is 108 Å². The first kappa shape index (κ1) is 74.5. The number of carbonyl (C=O) groups excluding carboxylic acids is 3. The van der Waals surface area contributed by atoms with Gasteiger partial charge in [0.25, 0.3) is 0 Å². The summed E-state index contributed by atoms with van der Waals surface area (Å²) >= 11 is 0. The molecule has 3 saturated heterocycles. The zero-order valence-corrected chi connectivity index (χ0v) is 57.4. The second kappa shape index (κ2) is 38.0. The van der Waals surface area contributed by atoms with Crippen molar-refractivity contribution in [3.8, 4) is 11.5 Å². The van der Waals surface area contributed by atoms with Gasteiger partial charge in [-0.15, -0.1) is 0 Å². The second-order valence-corrected chi connectivity index (χ2v) is 26.6. The number of amides is 1. The van der Waals surface area contributed by atoms with Crippen LogP contribution in [0.1, 0.15) is 137 Å². The van der Waals surface area contributed by atoms with Crippen LogP contribution in [0, 0.1) is 23.7 Å². The van der Waals surface area contributed by atoms with Crippen molar-refractivity contribution in [2.24, 2.45) is 23.7 Å². The van der Waals surface area contributed by atoms with E-state index in [0.717, 1.165) is 141 Å². The number of aryl methyl sites for hydroxylation is 2. The third-order valence-electron chi connectivity index (χ3n) is 19.5.